The fourth-order valence-corrected chi connectivity index (χ4v) is 1.07. The lowest BCUT2D eigenvalue weighted by Crippen LogP contribution is -2.00. The summed E-state index contributed by atoms with van der Waals surface area (Å²) in [5.41, 5.74) is 6.85. The van der Waals surface area contributed by atoms with E-state index in [1.54, 1.807) is 6.07 Å². The number of hydrogen-bond acceptors (Lipinski definition) is 2. The van der Waals surface area contributed by atoms with Gasteiger partial charge in [-0.3, -0.25) is 0 Å². The first-order valence-electron chi connectivity index (χ1n) is 4.36. The highest BCUT2D eigenvalue weighted by Crippen LogP contribution is 2.09. The Labute approximate surface area is 82.6 Å². The largest absolute Gasteiger partial charge is 0.395 e. The van der Waals surface area contributed by atoms with Crippen molar-refractivity contribution in [3.63, 3.8) is 0 Å². The van der Waals surface area contributed by atoms with E-state index in [4.69, 9.17) is 10.8 Å². The molecule has 0 fully saturated rings. The molecule has 1 aromatic carbocycles. The second-order valence-corrected chi connectivity index (χ2v) is 2.78. The van der Waals surface area contributed by atoms with Crippen LogP contribution in [0.5, 0.6) is 0 Å². The summed E-state index contributed by atoms with van der Waals surface area (Å²) in [7, 11) is 0. The molecule has 0 saturated carbocycles. The average Bonchev–Trinajstić information content (AvgIpc) is 2.20. The van der Waals surface area contributed by atoms with Crippen LogP contribution in [0.25, 0.3) is 0 Å². The number of halogens is 1. The number of aliphatic hydroxyl groups excluding tert-OH is 1. The van der Waals surface area contributed by atoms with Crippen molar-refractivity contribution < 1.29 is 9.50 Å². The molecule has 0 radical (unpaired) electrons. The quantitative estimate of drug-likeness (QED) is 0.689. The van der Waals surface area contributed by atoms with Gasteiger partial charge in [0.05, 0.1) is 6.61 Å². The third-order valence-corrected chi connectivity index (χ3v) is 1.75. The van der Waals surface area contributed by atoms with E-state index in [1.165, 1.54) is 12.1 Å². The summed E-state index contributed by atoms with van der Waals surface area (Å²) in [5.74, 6) is 5.30. The van der Waals surface area contributed by atoms with E-state index in [0.717, 1.165) is 5.56 Å². The Morgan fingerprint density at radius 1 is 1.43 bits per heavy atom. The molecular formula is C11H12FNO. The molecule has 0 aliphatic heterocycles. The van der Waals surface area contributed by atoms with Crippen LogP contribution in [0.15, 0.2) is 18.2 Å². The van der Waals surface area contributed by atoms with Crippen LogP contribution >= 0.6 is 0 Å². The lowest BCUT2D eigenvalue weighted by Gasteiger charge is -2.00. The molecule has 0 aliphatic carbocycles. The summed E-state index contributed by atoms with van der Waals surface area (Å²) in [6, 6.07) is 4.33. The highest BCUT2D eigenvalue weighted by atomic mass is 19.1. The maximum atomic E-state index is 12.8. The predicted molar refractivity (Wildman–Crippen MR) is 52.9 cm³/mol. The average molecular weight is 193 g/mol. The fourth-order valence-electron chi connectivity index (χ4n) is 1.07. The van der Waals surface area contributed by atoms with Crippen LogP contribution in [0, 0.1) is 17.7 Å². The van der Waals surface area contributed by atoms with Gasteiger partial charge in [0.15, 0.2) is 0 Å². The van der Waals surface area contributed by atoms with Crippen molar-refractivity contribution in [2.24, 2.45) is 5.73 Å². The molecule has 3 N–H and O–H groups in total. The van der Waals surface area contributed by atoms with E-state index >= 15 is 0 Å². The van der Waals surface area contributed by atoms with E-state index in [9.17, 15) is 4.39 Å². The standard InChI is InChI=1S/C11H12FNO/c12-11-5-4-9(3-1-2-6-14)10(7-11)8-13/h4-5,7,14H,2,6,8,13H2. The Hall–Kier alpha value is -1.37. The minimum absolute atomic E-state index is 0.0339. The lowest BCUT2D eigenvalue weighted by atomic mass is 10.1. The molecule has 0 amide bonds. The van der Waals surface area contributed by atoms with Crippen molar-refractivity contribution in [2.75, 3.05) is 6.61 Å². The van der Waals surface area contributed by atoms with Crippen LogP contribution in [0.1, 0.15) is 17.5 Å². The van der Waals surface area contributed by atoms with Gasteiger partial charge in [0.2, 0.25) is 0 Å². The summed E-state index contributed by atoms with van der Waals surface area (Å²) in [6.07, 6.45) is 0.418. The number of aliphatic hydroxyl groups is 1. The second kappa shape index (κ2) is 5.38. The van der Waals surface area contributed by atoms with Gasteiger partial charge in [-0.05, 0) is 23.8 Å². The van der Waals surface area contributed by atoms with Crippen LogP contribution in [-0.4, -0.2) is 11.7 Å². The zero-order chi connectivity index (χ0) is 10.4. The Balaban J connectivity index is 2.92. The second-order valence-electron chi connectivity index (χ2n) is 2.78. The molecule has 0 unspecified atom stereocenters. The SMILES string of the molecule is NCc1cc(F)ccc1C#CCCO. The van der Waals surface area contributed by atoms with Crippen LogP contribution in [0.4, 0.5) is 4.39 Å². The smallest absolute Gasteiger partial charge is 0.123 e. The number of nitrogens with two attached hydrogens (primary N) is 1. The number of hydrogen-bond donors (Lipinski definition) is 2. The molecular weight excluding hydrogens is 181 g/mol. The first kappa shape index (κ1) is 10.7. The normalized spacial score (nSPS) is 9.36. The zero-order valence-corrected chi connectivity index (χ0v) is 7.76. The van der Waals surface area contributed by atoms with Crippen LogP contribution in [0.2, 0.25) is 0 Å². The van der Waals surface area contributed by atoms with Gasteiger partial charge >= 0.3 is 0 Å². The first-order valence-corrected chi connectivity index (χ1v) is 4.36. The predicted octanol–water partition coefficient (Wildman–Crippen LogP) is 1.02. The Morgan fingerprint density at radius 3 is 2.86 bits per heavy atom. The fraction of sp³-hybridized carbons (Fsp3) is 0.273. The maximum absolute atomic E-state index is 12.8. The van der Waals surface area contributed by atoms with Crippen molar-refractivity contribution in [1.82, 2.24) is 0 Å². The molecule has 0 bridgehead atoms. The lowest BCUT2D eigenvalue weighted by molar-refractivity contribution is 0.305. The monoisotopic (exact) mass is 193 g/mol. The Kier molecular flexibility index (Phi) is 4.11. The third-order valence-electron chi connectivity index (χ3n) is 1.75. The molecule has 0 atom stereocenters. The van der Waals surface area contributed by atoms with E-state index in [0.29, 0.717) is 12.0 Å². The van der Waals surface area contributed by atoms with E-state index in [-0.39, 0.29) is 19.0 Å². The Bertz CT molecular complexity index is 365. The van der Waals surface area contributed by atoms with Crippen molar-refractivity contribution in [3.8, 4) is 11.8 Å². The summed E-state index contributed by atoms with van der Waals surface area (Å²) in [6.45, 7) is 0.299. The van der Waals surface area contributed by atoms with E-state index < -0.39 is 0 Å². The van der Waals surface area contributed by atoms with Crippen molar-refractivity contribution in [1.29, 1.82) is 0 Å². The van der Waals surface area contributed by atoms with Gasteiger partial charge in [-0.1, -0.05) is 11.8 Å². The number of benzene rings is 1. The summed E-state index contributed by atoms with van der Waals surface area (Å²) in [4.78, 5) is 0. The summed E-state index contributed by atoms with van der Waals surface area (Å²) < 4.78 is 12.8. The molecule has 2 nitrogen and oxygen atoms in total. The molecule has 3 heteroatoms. The molecule has 0 aliphatic rings. The molecule has 1 aromatic rings. The van der Waals surface area contributed by atoms with Gasteiger partial charge in [-0.25, -0.2) is 4.39 Å². The van der Waals surface area contributed by atoms with Gasteiger partial charge in [-0.15, -0.1) is 0 Å². The first-order chi connectivity index (χ1) is 6.77. The van der Waals surface area contributed by atoms with Crippen molar-refractivity contribution >= 4 is 0 Å². The van der Waals surface area contributed by atoms with Crippen LogP contribution < -0.4 is 5.73 Å². The minimum Gasteiger partial charge on any atom is -0.395 e. The van der Waals surface area contributed by atoms with Crippen LogP contribution in [-0.2, 0) is 6.54 Å². The van der Waals surface area contributed by atoms with Gasteiger partial charge in [-0.2, -0.15) is 0 Å². The van der Waals surface area contributed by atoms with Gasteiger partial charge < -0.3 is 10.8 Å². The molecule has 14 heavy (non-hydrogen) atoms. The summed E-state index contributed by atoms with van der Waals surface area (Å²) >= 11 is 0. The molecule has 74 valence electrons. The molecule has 0 spiro atoms. The van der Waals surface area contributed by atoms with Gasteiger partial charge in [0, 0.05) is 18.5 Å². The van der Waals surface area contributed by atoms with E-state index in [2.05, 4.69) is 11.8 Å². The van der Waals surface area contributed by atoms with Crippen molar-refractivity contribution in [3.05, 3.63) is 35.1 Å². The Morgan fingerprint density at radius 2 is 2.21 bits per heavy atom. The maximum Gasteiger partial charge on any atom is 0.123 e. The van der Waals surface area contributed by atoms with Gasteiger partial charge in [0.25, 0.3) is 0 Å². The van der Waals surface area contributed by atoms with Gasteiger partial charge in [0.1, 0.15) is 5.82 Å². The topological polar surface area (TPSA) is 46.2 Å². The van der Waals surface area contributed by atoms with Crippen molar-refractivity contribution in [2.45, 2.75) is 13.0 Å². The number of rotatable bonds is 2. The zero-order valence-electron chi connectivity index (χ0n) is 7.76. The molecule has 1 rings (SSSR count). The third kappa shape index (κ3) is 2.84. The molecule has 0 heterocycles. The molecule has 0 saturated heterocycles. The highest BCUT2D eigenvalue weighted by Gasteiger charge is 1.99. The minimum atomic E-state index is -0.307. The van der Waals surface area contributed by atoms with E-state index in [1.807, 2.05) is 0 Å². The highest BCUT2D eigenvalue weighted by molar-refractivity contribution is 5.41. The molecule has 0 aromatic heterocycles. The summed E-state index contributed by atoms with van der Waals surface area (Å²) in [5, 5.41) is 8.53. The van der Waals surface area contributed by atoms with Crippen LogP contribution in [0.3, 0.4) is 0 Å².